The summed E-state index contributed by atoms with van der Waals surface area (Å²) in [6.45, 7) is 0. The number of rotatable bonds is 9. The predicted molar refractivity (Wildman–Crippen MR) is 103 cm³/mol. The molecule has 3 N–H and O–H groups in total. The molecule has 2 aromatic heterocycles. The smallest absolute Gasteiger partial charge is 0.326 e. The summed E-state index contributed by atoms with van der Waals surface area (Å²) in [5, 5.41) is 14.1. The fraction of sp³-hybridized carbons (Fsp3) is 0.235. The van der Waals surface area contributed by atoms with Gasteiger partial charge in [0.25, 0.3) is 11.8 Å². The molecule has 0 radical (unpaired) electrons. The molecule has 0 aliphatic heterocycles. The maximum atomic E-state index is 12.6. The Balaban J connectivity index is 2.20. The van der Waals surface area contributed by atoms with E-state index >= 15 is 0 Å². The molecule has 0 saturated carbocycles. The second kappa shape index (κ2) is 10.0. The first kappa shape index (κ1) is 20.8. The average Bonchev–Trinajstić information content (AvgIpc) is 3.29. The fourth-order valence-corrected chi connectivity index (χ4v) is 2.80. The highest BCUT2D eigenvalue weighted by molar-refractivity contribution is 9.10. The molecule has 2 rings (SSSR count). The van der Waals surface area contributed by atoms with Crippen LogP contribution in [0.5, 0.6) is 0 Å². The lowest BCUT2D eigenvalue weighted by atomic mass is 10.2. The number of aliphatic carboxylic acids is 1. The van der Waals surface area contributed by atoms with Gasteiger partial charge in [0.05, 0.1) is 6.26 Å². The molecule has 2 heterocycles. The number of halogens is 1. The average molecular weight is 457 g/mol. The Morgan fingerprint density at radius 3 is 2.67 bits per heavy atom. The molecular weight excluding hydrogens is 440 g/mol. The highest BCUT2D eigenvalue weighted by Crippen LogP contribution is 2.15. The van der Waals surface area contributed by atoms with Gasteiger partial charge in [0, 0.05) is 6.08 Å². The molecule has 0 spiro atoms. The van der Waals surface area contributed by atoms with E-state index in [9.17, 15) is 19.5 Å². The molecule has 10 heteroatoms. The topological polar surface area (TPSA) is 122 Å². The third kappa shape index (κ3) is 6.33. The number of thioether (sulfide) groups is 1. The number of carboxylic acids is 1. The summed E-state index contributed by atoms with van der Waals surface area (Å²) in [5.74, 6) is -1.71. The van der Waals surface area contributed by atoms with E-state index in [0.29, 0.717) is 16.2 Å². The van der Waals surface area contributed by atoms with Gasteiger partial charge in [0.15, 0.2) is 10.4 Å². The van der Waals surface area contributed by atoms with Gasteiger partial charge in [0.1, 0.15) is 17.5 Å². The van der Waals surface area contributed by atoms with Gasteiger partial charge in [-0.2, -0.15) is 11.8 Å². The third-order valence-electron chi connectivity index (χ3n) is 3.33. The number of furan rings is 2. The molecule has 1 atom stereocenters. The number of carbonyl (C=O) groups excluding carboxylic acids is 2. The monoisotopic (exact) mass is 456 g/mol. The Morgan fingerprint density at radius 2 is 2.11 bits per heavy atom. The lowest BCUT2D eigenvalue weighted by Gasteiger charge is -2.15. The van der Waals surface area contributed by atoms with Crippen molar-refractivity contribution in [2.45, 2.75) is 12.5 Å². The van der Waals surface area contributed by atoms with Crippen LogP contribution < -0.4 is 10.6 Å². The molecule has 8 nitrogen and oxygen atoms in total. The van der Waals surface area contributed by atoms with Crippen molar-refractivity contribution in [3.63, 3.8) is 0 Å². The van der Waals surface area contributed by atoms with Crippen molar-refractivity contribution in [3.05, 3.63) is 52.4 Å². The van der Waals surface area contributed by atoms with E-state index in [-0.39, 0.29) is 17.9 Å². The molecular formula is C17H17BrN2O6S. The van der Waals surface area contributed by atoms with Crippen molar-refractivity contribution in [3.8, 4) is 0 Å². The minimum absolute atomic E-state index is 0.0165. The molecule has 0 bridgehead atoms. The van der Waals surface area contributed by atoms with Crippen molar-refractivity contribution in [2.75, 3.05) is 12.0 Å². The summed E-state index contributed by atoms with van der Waals surface area (Å²) in [6, 6.07) is 5.09. The molecule has 0 saturated heterocycles. The van der Waals surface area contributed by atoms with E-state index in [2.05, 4.69) is 26.6 Å². The van der Waals surface area contributed by atoms with Gasteiger partial charge in [-0.3, -0.25) is 9.59 Å². The summed E-state index contributed by atoms with van der Waals surface area (Å²) in [4.78, 5) is 36.2. The van der Waals surface area contributed by atoms with Crippen LogP contribution in [0.3, 0.4) is 0 Å². The van der Waals surface area contributed by atoms with Crippen LogP contribution in [-0.4, -0.2) is 40.9 Å². The first-order chi connectivity index (χ1) is 12.9. The van der Waals surface area contributed by atoms with Crippen LogP contribution in [-0.2, 0) is 9.59 Å². The first-order valence-electron chi connectivity index (χ1n) is 7.75. The molecule has 27 heavy (non-hydrogen) atoms. The van der Waals surface area contributed by atoms with Gasteiger partial charge >= 0.3 is 5.97 Å². The zero-order chi connectivity index (χ0) is 19.8. The first-order valence-corrected chi connectivity index (χ1v) is 9.94. The molecule has 0 aromatic carbocycles. The van der Waals surface area contributed by atoms with Crippen molar-refractivity contribution in [1.82, 2.24) is 10.6 Å². The van der Waals surface area contributed by atoms with Gasteiger partial charge in [0.2, 0.25) is 0 Å². The van der Waals surface area contributed by atoms with Crippen molar-refractivity contribution in [1.29, 1.82) is 0 Å². The number of carboxylic acid groups (broad SMARTS) is 1. The Kier molecular flexibility index (Phi) is 7.74. The standard InChI is InChI=1S/C17H17BrN2O6S/c1-27-8-6-11(17(23)24)19-15(21)12(9-10-3-2-7-25-10)20-16(22)13-4-5-14(18)26-13/h2-5,7,9,11H,6,8H2,1H3,(H,19,21)(H,20,22)(H,23,24). The van der Waals surface area contributed by atoms with Crippen molar-refractivity contribution < 1.29 is 28.3 Å². The quantitative estimate of drug-likeness (QED) is 0.495. The van der Waals surface area contributed by atoms with Crippen LogP contribution >= 0.6 is 27.7 Å². The van der Waals surface area contributed by atoms with Crippen LogP contribution in [0.15, 0.2) is 49.7 Å². The SMILES string of the molecule is CSCCC(NC(=O)C(=Cc1ccco1)NC(=O)c1ccc(Br)o1)C(=O)O. The zero-order valence-corrected chi connectivity index (χ0v) is 16.6. The largest absolute Gasteiger partial charge is 0.480 e. The molecule has 144 valence electrons. The molecule has 1 unspecified atom stereocenters. The number of amides is 2. The van der Waals surface area contributed by atoms with Gasteiger partial charge in [-0.1, -0.05) is 0 Å². The molecule has 0 aliphatic carbocycles. The van der Waals surface area contributed by atoms with Gasteiger partial charge < -0.3 is 24.6 Å². The summed E-state index contributed by atoms with van der Waals surface area (Å²) >= 11 is 4.56. The number of carbonyl (C=O) groups is 3. The summed E-state index contributed by atoms with van der Waals surface area (Å²) in [5.41, 5.74) is -0.169. The highest BCUT2D eigenvalue weighted by atomic mass is 79.9. The van der Waals surface area contributed by atoms with Crippen LogP contribution in [0.1, 0.15) is 22.7 Å². The number of nitrogens with one attached hydrogen (secondary N) is 2. The fourth-order valence-electron chi connectivity index (χ4n) is 2.02. The maximum absolute atomic E-state index is 12.6. The van der Waals surface area contributed by atoms with Crippen LogP contribution in [0.4, 0.5) is 0 Å². The second-order valence-corrected chi connectivity index (χ2v) is 7.04. The summed E-state index contributed by atoms with van der Waals surface area (Å²) in [6.07, 6.45) is 4.80. The third-order valence-corrected chi connectivity index (χ3v) is 4.40. The van der Waals surface area contributed by atoms with Crippen molar-refractivity contribution >= 4 is 51.6 Å². The Labute approximate surface area is 167 Å². The van der Waals surface area contributed by atoms with E-state index in [0.717, 1.165) is 0 Å². The maximum Gasteiger partial charge on any atom is 0.326 e. The summed E-state index contributed by atoms with van der Waals surface area (Å²) in [7, 11) is 0. The Morgan fingerprint density at radius 1 is 1.33 bits per heavy atom. The number of hydrogen-bond acceptors (Lipinski definition) is 6. The molecule has 2 aromatic rings. The second-order valence-electron chi connectivity index (χ2n) is 5.28. The minimum Gasteiger partial charge on any atom is -0.480 e. The van der Waals surface area contributed by atoms with E-state index in [1.54, 1.807) is 12.1 Å². The number of hydrogen-bond donors (Lipinski definition) is 3. The van der Waals surface area contributed by atoms with E-state index in [1.165, 1.54) is 36.2 Å². The molecule has 0 aliphatic rings. The molecule has 2 amide bonds. The lowest BCUT2D eigenvalue weighted by Crippen LogP contribution is -2.44. The van der Waals surface area contributed by atoms with E-state index < -0.39 is 23.8 Å². The van der Waals surface area contributed by atoms with Gasteiger partial charge in [-0.15, -0.1) is 0 Å². The normalized spacial score (nSPS) is 12.4. The van der Waals surface area contributed by atoms with E-state index in [4.69, 9.17) is 8.83 Å². The molecule has 0 fully saturated rings. The lowest BCUT2D eigenvalue weighted by molar-refractivity contribution is -0.141. The van der Waals surface area contributed by atoms with Crippen LogP contribution in [0.25, 0.3) is 6.08 Å². The van der Waals surface area contributed by atoms with Gasteiger partial charge in [-0.25, -0.2) is 4.79 Å². The van der Waals surface area contributed by atoms with E-state index in [1.807, 2.05) is 6.26 Å². The predicted octanol–water partition coefficient (Wildman–Crippen LogP) is 2.73. The Hall–Kier alpha value is -2.46. The zero-order valence-electron chi connectivity index (χ0n) is 14.2. The van der Waals surface area contributed by atoms with Crippen molar-refractivity contribution in [2.24, 2.45) is 0 Å². The Bertz CT molecular complexity index is 830. The minimum atomic E-state index is -1.16. The highest BCUT2D eigenvalue weighted by Gasteiger charge is 2.23. The van der Waals surface area contributed by atoms with Crippen LogP contribution in [0, 0.1) is 0 Å². The summed E-state index contributed by atoms with van der Waals surface area (Å²) < 4.78 is 10.7. The van der Waals surface area contributed by atoms with Gasteiger partial charge in [-0.05, 0) is 58.6 Å². The van der Waals surface area contributed by atoms with Crippen LogP contribution in [0.2, 0.25) is 0 Å².